The Morgan fingerprint density at radius 1 is 1.11 bits per heavy atom. The molecule has 0 aliphatic carbocycles. The summed E-state index contributed by atoms with van der Waals surface area (Å²) >= 11 is 0. The first-order valence-electron chi connectivity index (χ1n) is 9.11. The highest BCUT2D eigenvalue weighted by Gasteiger charge is 2.26. The molecule has 2 aliphatic heterocycles. The molecule has 2 N–H and O–H groups in total. The van der Waals surface area contributed by atoms with Crippen molar-refractivity contribution in [2.75, 3.05) is 18.5 Å². The lowest BCUT2D eigenvalue weighted by Crippen LogP contribution is -2.28. The molecule has 0 spiro atoms. The summed E-state index contributed by atoms with van der Waals surface area (Å²) in [6.45, 7) is 1.76. The fourth-order valence-electron chi connectivity index (χ4n) is 3.81. The second kappa shape index (κ2) is 6.46. The second-order valence-corrected chi connectivity index (χ2v) is 6.71. The number of carbonyl (C=O) groups excluding carboxylic acids is 1. The van der Waals surface area contributed by atoms with E-state index in [1.54, 1.807) is 6.20 Å². The monoisotopic (exact) mass is 361 g/mol. The smallest absolute Gasteiger partial charge is 0.319 e. The van der Waals surface area contributed by atoms with E-state index in [9.17, 15) is 4.79 Å². The number of amides is 2. The van der Waals surface area contributed by atoms with Gasteiger partial charge in [0.15, 0.2) is 0 Å². The van der Waals surface area contributed by atoms with Crippen LogP contribution in [0.25, 0.3) is 10.9 Å². The number of rotatable bonds is 3. The molecule has 3 heterocycles. The molecule has 0 saturated carbocycles. The van der Waals surface area contributed by atoms with Crippen LogP contribution in [0.5, 0.6) is 11.5 Å². The van der Waals surface area contributed by atoms with Gasteiger partial charge in [0.05, 0.1) is 24.4 Å². The van der Waals surface area contributed by atoms with Crippen LogP contribution in [0.4, 0.5) is 10.5 Å². The minimum atomic E-state index is -0.267. The van der Waals surface area contributed by atoms with Crippen molar-refractivity contribution in [3.05, 3.63) is 59.3 Å². The number of nitrogens with zero attached hydrogens (tertiary/aromatic N) is 1. The molecule has 0 saturated heterocycles. The number of pyridine rings is 1. The van der Waals surface area contributed by atoms with E-state index in [4.69, 9.17) is 9.47 Å². The van der Waals surface area contributed by atoms with Gasteiger partial charge >= 0.3 is 6.03 Å². The number of aromatic nitrogens is 1. The topological polar surface area (TPSA) is 72.5 Å². The van der Waals surface area contributed by atoms with Gasteiger partial charge in [0.2, 0.25) is 0 Å². The average molecular weight is 361 g/mol. The van der Waals surface area contributed by atoms with Crippen molar-refractivity contribution in [3.63, 3.8) is 0 Å². The minimum Gasteiger partial charge on any atom is -0.493 e. The summed E-state index contributed by atoms with van der Waals surface area (Å²) in [5.74, 6) is 1.83. The first-order chi connectivity index (χ1) is 13.3. The van der Waals surface area contributed by atoms with E-state index in [1.807, 2.05) is 30.3 Å². The molecule has 0 unspecified atom stereocenters. The highest BCUT2D eigenvalue weighted by atomic mass is 16.5. The lowest BCUT2D eigenvalue weighted by atomic mass is 9.99. The number of carbonyl (C=O) groups is 1. The molecule has 2 aliphatic rings. The number of urea groups is 1. The van der Waals surface area contributed by atoms with Gasteiger partial charge < -0.3 is 20.1 Å². The van der Waals surface area contributed by atoms with Gasteiger partial charge in [-0.2, -0.15) is 0 Å². The van der Waals surface area contributed by atoms with E-state index < -0.39 is 0 Å². The van der Waals surface area contributed by atoms with E-state index >= 15 is 0 Å². The molecule has 136 valence electrons. The summed E-state index contributed by atoms with van der Waals surface area (Å²) in [5, 5.41) is 6.85. The highest BCUT2D eigenvalue weighted by Crippen LogP contribution is 2.40. The Morgan fingerprint density at radius 3 is 2.96 bits per heavy atom. The number of para-hydroxylation sites is 1. The number of fused-ring (bicyclic) bond motifs is 3. The summed E-state index contributed by atoms with van der Waals surface area (Å²) in [6.07, 6.45) is 3.45. The molecule has 2 amide bonds. The van der Waals surface area contributed by atoms with Gasteiger partial charge in [-0.1, -0.05) is 18.2 Å². The van der Waals surface area contributed by atoms with Crippen molar-refractivity contribution in [2.24, 2.45) is 0 Å². The summed E-state index contributed by atoms with van der Waals surface area (Å²) in [7, 11) is 0. The van der Waals surface area contributed by atoms with Crippen LogP contribution >= 0.6 is 0 Å². The molecule has 2 aromatic carbocycles. The molecule has 5 rings (SSSR count). The third-order valence-electron chi connectivity index (χ3n) is 5.07. The molecule has 0 fully saturated rings. The standard InChI is InChI=1S/C21H19N3O3/c25-21(24-17-5-1-3-13-4-2-8-22-19(13)17)23-12-16-15-7-10-26-18(15)11-14-6-9-27-20(14)16/h1-5,8,11H,6-7,9-10,12H2,(H2,23,24,25). The van der Waals surface area contributed by atoms with Crippen LogP contribution in [0.2, 0.25) is 0 Å². The van der Waals surface area contributed by atoms with Gasteiger partial charge in [0, 0.05) is 47.7 Å². The predicted octanol–water partition coefficient (Wildman–Crippen LogP) is 3.43. The average Bonchev–Trinajstić information content (AvgIpc) is 3.34. The van der Waals surface area contributed by atoms with Crippen molar-refractivity contribution in [1.29, 1.82) is 0 Å². The Balaban J connectivity index is 1.36. The number of benzene rings is 2. The third kappa shape index (κ3) is 2.83. The Kier molecular flexibility index (Phi) is 3.81. The summed E-state index contributed by atoms with van der Waals surface area (Å²) in [5.41, 5.74) is 4.79. The van der Waals surface area contributed by atoms with E-state index in [2.05, 4.69) is 21.7 Å². The Labute approximate surface area is 156 Å². The first kappa shape index (κ1) is 15.9. The number of hydrogen-bond acceptors (Lipinski definition) is 4. The lowest BCUT2D eigenvalue weighted by Gasteiger charge is -2.14. The zero-order valence-electron chi connectivity index (χ0n) is 14.7. The normalized spacial score (nSPS) is 14.2. The quantitative estimate of drug-likeness (QED) is 0.750. The molecule has 0 bridgehead atoms. The minimum absolute atomic E-state index is 0.267. The van der Waals surface area contributed by atoms with Crippen molar-refractivity contribution in [2.45, 2.75) is 19.4 Å². The van der Waals surface area contributed by atoms with Gasteiger partial charge in [0.25, 0.3) is 0 Å². The van der Waals surface area contributed by atoms with Crippen LogP contribution in [0, 0.1) is 0 Å². The number of hydrogen-bond donors (Lipinski definition) is 2. The highest BCUT2D eigenvalue weighted by molar-refractivity contribution is 5.99. The Hall–Kier alpha value is -3.28. The summed E-state index contributed by atoms with van der Waals surface area (Å²) in [6, 6.07) is 11.4. The Morgan fingerprint density at radius 2 is 2.00 bits per heavy atom. The fraction of sp³-hybridized carbons (Fsp3) is 0.238. The molecule has 6 nitrogen and oxygen atoms in total. The maximum atomic E-state index is 12.5. The van der Waals surface area contributed by atoms with E-state index in [0.717, 1.165) is 51.9 Å². The molecular weight excluding hydrogens is 342 g/mol. The van der Waals surface area contributed by atoms with E-state index in [-0.39, 0.29) is 6.03 Å². The fourth-order valence-corrected chi connectivity index (χ4v) is 3.81. The summed E-state index contributed by atoms with van der Waals surface area (Å²) in [4.78, 5) is 16.9. The van der Waals surface area contributed by atoms with Crippen molar-refractivity contribution >= 4 is 22.6 Å². The van der Waals surface area contributed by atoms with Crippen molar-refractivity contribution < 1.29 is 14.3 Å². The molecular formula is C21H19N3O3. The Bertz CT molecular complexity index is 1010. The van der Waals surface area contributed by atoms with Gasteiger partial charge in [0.1, 0.15) is 11.5 Å². The molecule has 3 aromatic rings. The van der Waals surface area contributed by atoms with Crippen LogP contribution in [-0.2, 0) is 19.4 Å². The van der Waals surface area contributed by atoms with Gasteiger partial charge in [-0.3, -0.25) is 4.98 Å². The molecule has 0 atom stereocenters. The predicted molar refractivity (Wildman–Crippen MR) is 102 cm³/mol. The maximum Gasteiger partial charge on any atom is 0.319 e. The molecule has 0 radical (unpaired) electrons. The van der Waals surface area contributed by atoms with Gasteiger partial charge in [-0.15, -0.1) is 0 Å². The van der Waals surface area contributed by atoms with E-state index in [1.165, 1.54) is 0 Å². The number of nitrogens with one attached hydrogen (secondary N) is 2. The summed E-state index contributed by atoms with van der Waals surface area (Å²) < 4.78 is 11.5. The molecule has 1 aromatic heterocycles. The van der Waals surface area contributed by atoms with Crippen LogP contribution in [0.1, 0.15) is 16.7 Å². The number of anilines is 1. The third-order valence-corrected chi connectivity index (χ3v) is 5.07. The maximum absolute atomic E-state index is 12.5. The number of ether oxygens (including phenoxy) is 2. The second-order valence-electron chi connectivity index (χ2n) is 6.71. The van der Waals surface area contributed by atoms with E-state index in [0.29, 0.717) is 25.4 Å². The van der Waals surface area contributed by atoms with Crippen LogP contribution in [0.15, 0.2) is 42.6 Å². The van der Waals surface area contributed by atoms with Crippen LogP contribution in [-0.4, -0.2) is 24.2 Å². The zero-order chi connectivity index (χ0) is 18.2. The molecule has 27 heavy (non-hydrogen) atoms. The first-order valence-corrected chi connectivity index (χ1v) is 9.11. The van der Waals surface area contributed by atoms with Gasteiger partial charge in [-0.05, 0) is 18.2 Å². The SMILES string of the molecule is O=C(NCc1c2c(cc3c1OCC3)OCC2)Nc1cccc2cccnc12. The van der Waals surface area contributed by atoms with Crippen molar-refractivity contribution in [1.82, 2.24) is 10.3 Å². The van der Waals surface area contributed by atoms with Crippen LogP contribution < -0.4 is 20.1 Å². The van der Waals surface area contributed by atoms with Crippen molar-refractivity contribution in [3.8, 4) is 11.5 Å². The molecule has 6 heteroatoms. The lowest BCUT2D eigenvalue weighted by molar-refractivity contribution is 0.251. The largest absolute Gasteiger partial charge is 0.493 e. The zero-order valence-corrected chi connectivity index (χ0v) is 14.7. The van der Waals surface area contributed by atoms with Crippen LogP contribution in [0.3, 0.4) is 0 Å². The van der Waals surface area contributed by atoms with Gasteiger partial charge in [-0.25, -0.2) is 4.79 Å².